The van der Waals surface area contributed by atoms with Gasteiger partial charge in [0.1, 0.15) is 11.6 Å². The molecule has 3 aromatic carbocycles. The van der Waals surface area contributed by atoms with E-state index in [0.717, 1.165) is 39.4 Å². The summed E-state index contributed by atoms with van der Waals surface area (Å²) in [6, 6.07) is 24.1. The summed E-state index contributed by atoms with van der Waals surface area (Å²) in [4.78, 5) is 11.6. The number of nitrogens with zero attached hydrogens (tertiary/aromatic N) is 3. The van der Waals surface area contributed by atoms with Crippen LogP contribution in [-0.4, -0.2) is 31.2 Å². The van der Waals surface area contributed by atoms with Crippen LogP contribution in [0.3, 0.4) is 0 Å². The number of hydrogen-bond acceptors (Lipinski definition) is 5. The van der Waals surface area contributed by atoms with Crippen LogP contribution in [0.4, 0.5) is 17.2 Å². The number of hydrogen-bond donors (Lipinski definition) is 1. The Morgan fingerprint density at radius 3 is 2.21 bits per heavy atom. The number of para-hydroxylation sites is 1. The van der Waals surface area contributed by atoms with Gasteiger partial charge in [0.2, 0.25) is 0 Å². The van der Waals surface area contributed by atoms with Crippen LogP contribution in [0.25, 0.3) is 22.3 Å². The molecule has 5 nitrogen and oxygen atoms in total. The van der Waals surface area contributed by atoms with Gasteiger partial charge in [0.05, 0.1) is 12.6 Å². The lowest BCUT2D eigenvalue weighted by Crippen LogP contribution is -2.08. The van der Waals surface area contributed by atoms with Crippen molar-refractivity contribution in [3.63, 3.8) is 0 Å². The maximum atomic E-state index is 5.25. The molecule has 28 heavy (non-hydrogen) atoms. The van der Waals surface area contributed by atoms with E-state index in [1.165, 1.54) is 0 Å². The molecular formula is C23H22N4O. The van der Waals surface area contributed by atoms with E-state index in [9.17, 15) is 0 Å². The smallest absolute Gasteiger partial charge is 0.162 e. The first kappa shape index (κ1) is 17.8. The molecule has 1 heterocycles. The summed E-state index contributed by atoms with van der Waals surface area (Å²) in [5, 5.41) is 4.43. The van der Waals surface area contributed by atoms with E-state index in [-0.39, 0.29) is 0 Å². The number of fused-ring (bicyclic) bond motifs is 1. The van der Waals surface area contributed by atoms with Crippen LogP contribution in [0.1, 0.15) is 0 Å². The van der Waals surface area contributed by atoms with Crippen LogP contribution >= 0.6 is 0 Å². The van der Waals surface area contributed by atoms with Gasteiger partial charge in [-0.1, -0.05) is 12.1 Å². The van der Waals surface area contributed by atoms with E-state index in [4.69, 9.17) is 14.7 Å². The Bertz CT molecular complexity index is 1090. The van der Waals surface area contributed by atoms with E-state index in [0.29, 0.717) is 5.82 Å². The Kier molecular flexibility index (Phi) is 4.81. The molecule has 0 amide bonds. The average Bonchev–Trinajstić information content (AvgIpc) is 2.74. The molecule has 0 radical (unpaired) electrons. The molecule has 4 aromatic rings. The van der Waals surface area contributed by atoms with Gasteiger partial charge in [-0.05, 0) is 60.7 Å². The molecular weight excluding hydrogens is 348 g/mol. The fourth-order valence-electron chi connectivity index (χ4n) is 3.02. The van der Waals surface area contributed by atoms with Crippen molar-refractivity contribution >= 4 is 28.1 Å². The van der Waals surface area contributed by atoms with Gasteiger partial charge in [0.15, 0.2) is 5.82 Å². The lowest BCUT2D eigenvalue weighted by Gasteiger charge is -2.14. The number of anilines is 3. The van der Waals surface area contributed by atoms with Crippen molar-refractivity contribution in [2.75, 3.05) is 31.4 Å². The molecule has 1 N–H and O–H groups in total. The maximum Gasteiger partial charge on any atom is 0.162 e. The first-order valence-electron chi connectivity index (χ1n) is 9.09. The quantitative estimate of drug-likeness (QED) is 0.529. The number of ether oxygens (including phenoxy) is 1. The van der Waals surface area contributed by atoms with E-state index >= 15 is 0 Å². The van der Waals surface area contributed by atoms with Crippen molar-refractivity contribution in [2.24, 2.45) is 0 Å². The Labute approximate surface area is 164 Å². The molecule has 1 aromatic heterocycles. The molecule has 0 aliphatic carbocycles. The van der Waals surface area contributed by atoms with Gasteiger partial charge in [-0.2, -0.15) is 0 Å². The van der Waals surface area contributed by atoms with Crippen LogP contribution < -0.4 is 15.0 Å². The Morgan fingerprint density at radius 1 is 0.821 bits per heavy atom. The van der Waals surface area contributed by atoms with E-state index in [1.807, 2.05) is 62.6 Å². The third kappa shape index (κ3) is 3.60. The van der Waals surface area contributed by atoms with Gasteiger partial charge >= 0.3 is 0 Å². The molecule has 0 saturated carbocycles. The van der Waals surface area contributed by atoms with Gasteiger partial charge < -0.3 is 15.0 Å². The van der Waals surface area contributed by atoms with Gasteiger partial charge in [0.25, 0.3) is 0 Å². The SMILES string of the molecule is COc1ccc(-c2nc(Nc3ccc(N(C)C)cc3)c3ccccc3n2)cc1. The van der Waals surface area contributed by atoms with Crippen LogP contribution in [0.5, 0.6) is 5.75 Å². The molecule has 0 unspecified atom stereocenters. The van der Waals surface area contributed by atoms with Crippen molar-refractivity contribution in [2.45, 2.75) is 0 Å². The van der Waals surface area contributed by atoms with E-state index < -0.39 is 0 Å². The average molecular weight is 370 g/mol. The minimum Gasteiger partial charge on any atom is -0.497 e. The second-order valence-electron chi connectivity index (χ2n) is 6.71. The third-order valence-corrected chi connectivity index (χ3v) is 4.60. The van der Waals surface area contributed by atoms with E-state index in [1.54, 1.807) is 7.11 Å². The fraction of sp³-hybridized carbons (Fsp3) is 0.130. The summed E-state index contributed by atoms with van der Waals surface area (Å²) in [5.41, 5.74) is 3.97. The number of nitrogens with one attached hydrogen (secondary N) is 1. The number of methoxy groups -OCH3 is 1. The van der Waals surface area contributed by atoms with Crippen molar-refractivity contribution in [3.05, 3.63) is 72.8 Å². The predicted octanol–water partition coefficient (Wildman–Crippen LogP) is 5.12. The van der Waals surface area contributed by atoms with Gasteiger partial charge in [-0.15, -0.1) is 0 Å². The molecule has 0 fully saturated rings. The van der Waals surface area contributed by atoms with Crippen molar-refractivity contribution < 1.29 is 4.74 Å². The highest BCUT2D eigenvalue weighted by Crippen LogP contribution is 2.28. The minimum absolute atomic E-state index is 0.675. The summed E-state index contributed by atoms with van der Waals surface area (Å²) < 4.78 is 5.25. The predicted molar refractivity (Wildman–Crippen MR) is 116 cm³/mol. The van der Waals surface area contributed by atoms with Crippen molar-refractivity contribution in [1.82, 2.24) is 9.97 Å². The summed E-state index contributed by atoms with van der Waals surface area (Å²) in [6.07, 6.45) is 0. The van der Waals surface area contributed by atoms with Gasteiger partial charge in [0, 0.05) is 36.4 Å². The van der Waals surface area contributed by atoms with Crippen LogP contribution in [0.2, 0.25) is 0 Å². The molecule has 0 saturated heterocycles. The Balaban J connectivity index is 1.75. The van der Waals surface area contributed by atoms with Crippen LogP contribution in [0.15, 0.2) is 72.8 Å². The van der Waals surface area contributed by atoms with Crippen molar-refractivity contribution in [3.8, 4) is 17.1 Å². The molecule has 4 rings (SSSR count). The summed E-state index contributed by atoms with van der Waals surface area (Å²) in [7, 11) is 5.72. The second kappa shape index (κ2) is 7.56. The molecule has 0 atom stereocenters. The van der Waals surface area contributed by atoms with E-state index in [2.05, 4.69) is 34.5 Å². The minimum atomic E-state index is 0.675. The van der Waals surface area contributed by atoms with Crippen LogP contribution in [-0.2, 0) is 0 Å². The highest BCUT2D eigenvalue weighted by molar-refractivity contribution is 5.92. The highest BCUT2D eigenvalue weighted by atomic mass is 16.5. The zero-order valence-corrected chi connectivity index (χ0v) is 16.2. The first-order valence-corrected chi connectivity index (χ1v) is 9.09. The summed E-state index contributed by atoms with van der Waals surface area (Å²) >= 11 is 0. The summed E-state index contributed by atoms with van der Waals surface area (Å²) in [6.45, 7) is 0. The molecule has 140 valence electrons. The van der Waals surface area contributed by atoms with Crippen LogP contribution in [0, 0.1) is 0 Å². The zero-order chi connectivity index (χ0) is 19.5. The number of rotatable bonds is 5. The lowest BCUT2D eigenvalue weighted by atomic mass is 10.1. The first-order chi connectivity index (χ1) is 13.6. The molecule has 0 spiro atoms. The topological polar surface area (TPSA) is 50.3 Å². The maximum absolute atomic E-state index is 5.25. The lowest BCUT2D eigenvalue weighted by molar-refractivity contribution is 0.415. The molecule has 0 aliphatic rings. The molecule has 0 bridgehead atoms. The molecule has 0 aliphatic heterocycles. The fourth-order valence-corrected chi connectivity index (χ4v) is 3.02. The third-order valence-electron chi connectivity index (χ3n) is 4.60. The van der Waals surface area contributed by atoms with Gasteiger partial charge in [-0.3, -0.25) is 0 Å². The monoisotopic (exact) mass is 370 g/mol. The number of aromatic nitrogens is 2. The summed E-state index contributed by atoms with van der Waals surface area (Å²) in [5.74, 6) is 2.27. The molecule has 5 heteroatoms. The largest absolute Gasteiger partial charge is 0.497 e. The zero-order valence-electron chi connectivity index (χ0n) is 16.2. The van der Waals surface area contributed by atoms with Gasteiger partial charge in [-0.25, -0.2) is 9.97 Å². The number of benzene rings is 3. The van der Waals surface area contributed by atoms with Crippen molar-refractivity contribution in [1.29, 1.82) is 0 Å². The second-order valence-corrected chi connectivity index (χ2v) is 6.71. The standard InChI is InChI=1S/C23H22N4O/c1-27(2)18-12-10-17(11-13-18)24-23-20-6-4-5-7-21(20)25-22(26-23)16-8-14-19(28-3)15-9-16/h4-15H,1-3H3,(H,24,25,26). The Hall–Kier alpha value is -3.60. The Morgan fingerprint density at radius 2 is 1.54 bits per heavy atom. The highest BCUT2D eigenvalue weighted by Gasteiger charge is 2.10. The normalized spacial score (nSPS) is 10.7.